The zero-order valence-electron chi connectivity index (χ0n) is 16.5. The van der Waals surface area contributed by atoms with Gasteiger partial charge in [0.1, 0.15) is 0 Å². The number of sulfonamides is 1. The zero-order chi connectivity index (χ0) is 21.1. The van der Waals surface area contributed by atoms with E-state index in [2.05, 4.69) is 5.32 Å². The van der Waals surface area contributed by atoms with Crippen molar-refractivity contribution in [1.29, 1.82) is 0 Å². The van der Waals surface area contributed by atoms with E-state index >= 15 is 0 Å². The van der Waals surface area contributed by atoms with E-state index in [4.69, 9.17) is 0 Å². The number of nitrogens with zero attached hydrogens (tertiary/aromatic N) is 1. The Kier molecular flexibility index (Phi) is 5.85. The van der Waals surface area contributed by atoms with Gasteiger partial charge in [-0.25, -0.2) is 8.42 Å². The highest BCUT2D eigenvalue weighted by atomic mass is 32.2. The third kappa shape index (κ3) is 4.53. The van der Waals surface area contributed by atoms with Gasteiger partial charge in [-0.1, -0.05) is 23.8 Å². The molecule has 1 aliphatic heterocycles. The van der Waals surface area contributed by atoms with Crippen LogP contribution in [0.25, 0.3) is 6.08 Å². The van der Waals surface area contributed by atoms with Crippen molar-refractivity contribution in [2.45, 2.75) is 24.8 Å². The molecule has 30 heavy (non-hydrogen) atoms. The number of thiophene rings is 1. The van der Waals surface area contributed by atoms with Crippen molar-refractivity contribution in [3.63, 3.8) is 0 Å². The summed E-state index contributed by atoms with van der Waals surface area (Å²) in [6.07, 6.45) is 3.91. The summed E-state index contributed by atoms with van der Waals surface area (Å²) in [5, 5.41) is 6.78. The monoisotopic (exact) mass is 438 g/mol. The van der Waals surface area contributed by atoms with Crippen molar-refractivity contribution in [1.82, 2.24) is 4.31 Å². The van der Waals surface area contributed by atoms with Crippen LogP contribution in [0.15, 0.2) is 70.3 Å². The highest BCUT2D eigenvalue weighted by Crippen LogP contribution is 2.27. The molecule has 1 N–H and O–H groups in total. The Labute approximate surface area is 180 Å². The summed E-state index contributed by atoms with van der Waals surface area (Å²) in [6, 6.07) is 14.5. The van der Waals surface area contributed by atoms with Crippen LogP contribution < -0.4 is 5.32 Å². The molecule has 0 bridgehead atoms. The Hall–Kier alpha value is -2.74. The highest BCUT2D eigenvalue weighted by Gasteiger charge is 2.28. The predicted octanol–water partition coefficient (Wildman–Crippen LogP) is 4.46. The maximum atomic E-state index is 13.0. The van der Waals surface area contributed by atoms with Crippen LogP contribution >= 0.6 is 11.3 Å². The molecule has 0 atom stereocenters. The van der Waals surface area contributed by atoms with Gasteiger partial charge in [0.05, 0.1) is 4.90 Å². The summed E-state index contributed by atoms with van der Waals surface area (Å²) in [5.41, 5.74) is 4.68. The first-order chi connectivity index (χ1) is 14.4. The van der Waals surface area contributed by atoms with Crippen molar-refractivity contribution in [2.75, 3.05) is 11.9 Å². The average Bonchev–Trinajstić information content (AvgIpc) is 3.26. The second-order valence-corrected chi connectivity index (χ2v) is 9.98. The van der Waals surface area contributed by atoms with Gasteiger partial charge in [-0.05, 0) is 77.2 Å². The molecule has 0 fully saturated rings. The van der Waals surface area contributed by atoms with Crippen LogP contribution in [0.5, 0.6) is 0 Å². The van der Waals surface area contributed by atoms with E-state index in [-0.39, 0.29) is 5.91 Å². The Bertz CT molecular complexity index is 1180. The molecule has 7 heteroatoms. The minimum atomic E-state index is -3.56. The quantitative estimate of drug-likeness (QED) is 0.598. The predicted molar refractivity (Wildman–Crippen MR) is 121 cm³/mol. The minimum absolute atomic E-state index is 0.221. The molecule has 5 nitrogen and oxygen atoms in total. The molecule has 0 unspecified atom stereocenters. The lowest BCUT2D eigenvalue weighted by atomic mass is 10.0. The molecule has 3 aromatic rings. The van der Waals surface area contributed by atoms with Crippen molar-refractivity contribution in [3.05, 3.63) is 87.6 Å². The van der Waals surface area contributed by atoms with Gasteiger partial charge in [0.2, 0.25) is 15.9 Å². The second-order valence-electron chi connectivity index (χ2n) is 7.26. The van der Waals surface area contributed by atoms with Gasteiger partial charge in [0.25, 0.3) is 0 Å². The minimum Gasteiger partial charge on any atom is -0.323 e. The maximum absolute atomic E-state index is 13.0. The molecule has 1 aliphatic rings. The first kappa shape index (κ1) is 20.5. The van der Waals surface area contributed by atoms with E-state index in [0.29, 0.717) is 30.1 Å². The van der Waals surface area contributed by atoms with Crippen molar-refractivity contribution in [3.8, 4) is 0 Å². The molecular weight excluding hydrogens is 416 g/mol. The third-order valence-electron chi connectivity index (χ3n) is 5.08. The molecule has 1 amide bonds. The molecule has 0 aliphatic carbocycles. The number of amides is 1. The van der Waals surface area contributed by atoms with Gasteiger partial charge >= 0.3 is 0 Å². The van der Waals surface area contributed by atoms with E-state index in [1.54, 1.807) is 29.5 Å². The summed E-state index contributed by atoms with van der Waals surface area (Å²) >= 11 is 1.58. The van der Waals surface area contributed by atoms with Crippen LogP contribution in [0.4, 0.5) is 5.69 Å². The van der Waals surface area contributed by atoms with Crippen LogP contribution in [-0.2, 0) is 27.8 Å². The van der Waals surface area contributed by atoms with Crippen LogP contribution in [0.1, 0.15) is 22.3 Å². The van der Waals surface area contributed by atoms with Gasteiger partial charge < -0.3 is 5.32 Å². The lowest BCUT2D eigenvalue weighted by Gasteiger charge is -2.28. The van der Waals surface area contributed by atoms with Gasteiger partial charge in [0.15, 0.2) is 0 Å². The molecule has 0 radical (unpaired) electrons. The van der Waals surface area contributed by atoms with Crippen LogP contribution in [0, 0.1) is 6.92 Å². The molecule has 1 aromatic heterocycles. The van der Waals surface area contributed by atoms with Gasteiger partial charge in [-0.2, -0.15) is 15.6 Å². The number of anilines is 1. The normalized spacial score (nSPS) is 14.6. The maximum Gasteiger partial charge on any atom is 0.248 e. The van der Waals surface area contributed by atoms with Gasteiger partial charge in [0, 0.05) is 24.9 Å². The van der Waals surface area contributed by atoms with E-state index in [1.807, 2.05) is 54.1 Å². The lowest BCUT2D eigenvalue weighted by Crippen LogP contribution is -2.36. The summed E-state index contributed by atoms with van der Waals surface area (Å²) in [5.74, 6) is -0.221. The first-order valence-electron chi connectivity index (χ1n) is 9.62. The summed E-state index contributed by atoms with van der Waals surface area (Å²) in [6.45, 7) is 2.66. The number of hydrogen-bond acceptors (Lipinski definition) is 4. The smallest absolute Gasteiger partial charge is 0.248 e. The Morgan fingerprint density at radius 3 is 2.63 bits per heavy atom. The largest absolute Gasteiger partial charge is 0.323 e. The van der Waals surface area contributed by atoms with Crippen molar-refractivity contribution < 1.29 is 13.2 Å². The van der Waals surface area contributed by atoms with Crippen molar-refractivity contribution >= 4 is 39.0 Å². The molecule has 2 aromatic carbocycles. The molecule has 154 valence electrons. The molecule has 0 saturated carbocycles. The molecular formula is C23H22N2O3S2. The van der Waals surface area contributed by atoms with Crippen LogP contribution in [-0.4, -0.2) is 25.2 Å². The van der Waals surface area contributed by atoms with E-state index in [1.165, 1.54) is 10.4 Å². The standard InChI is InChI=1S/C23H22N2O3S2/c1-17-2-7-22(8-3-17)30(27,28)25-12-10-19-5-6-21(14-20(19)15-25)24-23(26)9-4-18-11-13-29-16-18/h2-9,11,13-14,16H,10,12,15H2,1H3,(H,24,26)/b9-4+. The Balaban J connectivity index is 1.49. The SMILES string of the molecule is Cc1ccc(S(=O)(=O)N2CCc3ccc(NC(=O)/C=C/c4ccsc4)cc3C2)cc1. The topological polar surface area (TPSA) is 66.5 Å². The van der Waals surface area contributed by atoms with Gasteiger partial charge in [-0.15, -0.1) is 0 Å². The third-order valence-corrected chi connectivity index (χ3v) is 7.64. The van der Waals surface area contributed by atoms with E-state index in [0.717, 1.165) is 22.3 Å². The van der Waals surface area contributed by atoms with Crippen LogP contribution in [0.2, 0.25) is 0 Å². The number of carbonyl (C=O) groups excluding carboxylic acids is 1. The molecule has 2 heterocycles. The first-order valence-corrected chi connectivity index (χ1v) is 12.0. The number of carbonyl (C=O) groups is 1. The highest BCUT2D eigenvalue weighted by molar-refractivity contribution is 7.89. The number of fused-ring (bicyclic) bond motifs is 1. The van der Waals surface area contributed by atoms with E-state index in [9.17, 15) is 13.2 Å². The summed E-state index contributed by atoms with van der Waals surface area (Å²) in [4.78, 5) is 12.5. The number of rotatable bonds is 5. The molecule has 4 rings (SSSR count). The second kappa shape index (κ2) is 8.55. The van der Waals surface area contributed by atoms with Gasteiger partial charge in [-0.3, -0.25) is 4.79 Å². The summed E-state index contributed by atoms with van der Waals surface area (Å²) < 4.78 is 27.5. The fourth-order valence-electron chi connectivity index (χ4n) is 3.40. The summed E-state index contributed by atoms with van der Waals surface area (Å²) in [7, 11) is -3.56. The van der Waals surface area contributed by atoms with E-state index < -0.39 is 10.0 Å². The fourth-order valence-corrected chi connectivity index (χ4v) is 5.45. The number of benzene rings is 2. The Morgan fingerprint density at radius 2 is 1.90 bits per heavy atom. The van der Waals surface area contributed by atoms with Crippen molar-refractivity contribution in [2.24, 2.45) is 0 Å². The molecule has 0 spiro atoms. The number of nitrogens with one attached hydrogen (secondary N) is 1. The average molecular weight is 439 g/mol. The zero-order valence-corrected chi connectivity index (χ0v) is 18.2. The Morgan fingerprint density at radius 1 is 1.10 bits per heavy atom. The fraction of sp³-hybridized carbons (Fsp3) is 0.174. The molecule has 0 saturated heterocycles. The number of aryl methyl sites for hydroxylation is 1. The lowest BCUT2D eigenvalue weighted by molar-refractivity contribution is -0.111. The number of hydrogen-bond donors (Lipinski definition) is 1. The van der Waals surface area contributed by atoms with Crippen LogP contribution in [0.3, 0.4) is 0 Å².